The number of hydrogen-bond donors (Lipinski definition) is 1. The van der Waals surface area contributed by atoms with E-state index in [9.17, 15) is 4.79 Å². The fourth-order valence-electron chi connectivity index (χ4n) is 2.21. The average Bonchev–Trinajstić information content (AvgIpc) is 3.16. The first kappa shape index (κ1) is 13.9. The summed E-state index contributed by atoms with van der Waals surface area (Å²) in [6.45, 7) is 1.12. The highest BCUT2D eigenvalue weighted by Gasteiger charge is 2.23. The maximum Gasteiger partial charge on any atom is 0.234 e. The van der Waals surface area contributed by atoms with Crippen LogP contribution >= 0.6 is 22.9 Å². The smallest absolute Gasteiger partial charge is 0.234 e. The standard InChI is InChI=1S/C15H17ClN2OS/c1-18(9-14(19)17-10-6-7-10)8-13-15(16)11-4-2-3-5-12(11)20-13/h2-5,10H,6-9H2,1H3,(H,17,19). The van der Waals surface area contributed by atoms with Crippen LogP contribution in [0, 0.1) is 0 Å². The molecule has 1 amide bonds. The molecule has 5 heteroatoms. The van der Waals surface area contributed by atoms with Crippen LogP contribution in [-0.2, 0) is 11.3 Å². The third-order valence-electron chi connectivity index (χ3n) is 3.37. The Hall–Kier alpha value is -1.10. The number of carbonyl (C=O) groups excluding carboxylic acids is 1. The summed E-state index contributed by atoms with van der Waals surface area (Å²) in [4.78, 5) is 14.9. The van der Waals surface area contributed by atoms with E-state index in [2.05, 4.69) is 11.4 Å². The van der Waals surface area contributed by atoms with Crippen molar-refractivity contribution >= 4 is 38.9 Å². The number of halogens is 1. The van der Waals surface area contributed by atoms with Gasteiger partial charge < -0.3 is 5.32 Å². The van der Waals surface area contributed by atoms with E-state index in [-0.39, 0.29) is 5.91 Å². The third kappa shape index (κ3) is 3.14. The van der Waals surface area contributed by atoms with Crippen molar-refractivity contribution < 1.29 is 4.79 Å². The molecule has 20 heavy (non-hydrogen) atoms. The molecule has 1 N–H and O–H groups in total. The number of thiophene rings is 1. The van der Waals surface area contributed by atoms with Gasteiger partial charge >= 0.3 is 0 Å². The zero-order valence-corrected chi connectivity index (χ0v) is 12.9. The van der Waals surface area contributed by atoms with Gasteiger partial charge in [0.15, 0.2) is 0 Å². The molecule has 3 nitrogen and oxygen atoms in total. The monoisotopic (exact) mass is 308 g/mol. The molecule has 1 aromatic carbocycles. The van der Waals surface area contributed by atoms with Gasteiger partial charge in [0.1, 0.15) is 0 Å². The predicted molar refractivity (Wildman–Crippen MR) is 84.3 cm³/mol. The minimum absolute atomic E-state index is 0.104. The maximum atomic E-state index is 11.8. The lowest BCUT2D eigenvalue weighted by Crippen LogP contribution is -2.35. The van der Waals surface area contributed by atoms with Crippen molar-refractivity contribution in [2.45, 2.75) is 25.4 Å². The SMILES string of the molecule is CN(CC(=O)NC1CC1)Cc1sc2ccccc2c1Cl. The Bertz CT molecular complexity index is 636. The Morgan fingerprint density at radius 2 is 2.20 bits per heavy atom. The molecule has 0 bridgehead atoms. The Morgan fingerprint density at radius 3 is 2.90 bits per heavy atom. The number of likely N-dealkylation sites (N-methyl/N-ethyl adjacent to an activating group) is 1. The number of benzene rings is 1. The molecular weight excluding hydrogens is 292 g/mol. The van der Waals surface area contributed by atoms with Crippen LogP contribution in [0.5, 0.6) is 0 Å². The van der Waals surface area contributed by atoms with Gasteiger partial charge in [-0.3, -0.25) is 9.69 Å². The maximum absolute atomic E-state index is 11.8. The van der Waals surface area contributed by atoms with E-state index in [4.69, 9.17) is 11.6 Å². The quantitative estimate of drug-likeness (QED) is 0.919. The first-order valence-electron chi connectivity index (χ1n) is 6.77. The van der Waals surface area contributed by atoms with Gasteiger partial charge in [0.05, 0.1) is 11.6 Å². The molecule has 106 valence electrons. The van der Waals surface area contributed by atoms with Gasteiger partial charge in [-0.25, -0.2) is 0 Å². The molecule has 0 spiro atoms. The van der Waals surface area contributed by atoms with Crippen LogP contribution in [0.3, 0.4) is 0 Å². The Balaban J connectivity index is 1.65. The number of amides is 1. The molecular formula is C15H17ClN2OS. The number of carbonyl (C=O) groups is 1. The van der Waals surface area contributed by atoms with Gasteiger partial charge in [0.2, 0.25) is 5.91 Å². The van der Waals surface area contributed by atoms with E-state index in [0.29, 0.717) is 19.1 Å². The fraction of sp³-hybridized carbons (Fsp3) is 0.400. The van der Waals surface area contributed by atoms with Crippen molar-refractivity contribution in [1.29, 1.82) is 0 Å². The molecule has 1 aromatic heterocycles. The summed E-state index contributed by atoms with van der Waals surface area (Å²) in [5.74, 6) is 0.104. The van der Waals surface area contributed by atoms with Crippen LogP contribution in [0.15, 0.2) is 24.3 Å². The lowest BCUT2D eigenvalue weighted by molar-refractivity contribution is -0.122. The molecule has 1 aliphatic carbocycles. The van der Waals surface area contributed by atoms with Gasteiger partial charge in [-0.1, -0.05) is 29.8 Å². The largest absolute Gasteiger partial charge is 0.352 e. The van der Waals surface area contributed by atoms with Crippen LogP contribution in [0.4, 0.5) is 0 Å². The highest BCUT2D eigenvalue weighted by molar-refractivity contribution is 7.19. The second-order valence-electron chi connectivity index (χ2n) is 5.35. The van der Waals surface area contributed by atoms with Crippen molar-refractivity contribution in [1.82, 2.24) is 10.2 Å². The second kappa shape index (κ2) is 5.72. The minimum atomic E-state index is 0.104. The van der Waals surface area contributed by atoms with Crippen molar-refractivity contribution in [3.63, 3.8) is 0 Å². The average molecular weight is 309 g/mol. The summed E-state index contributed by atoms with van der Waals surface area (Å²) in [5.41, 5.74) is 0. The van der Waals surface area contributed by atoms with Crippen molar-refractivity contribution in [3.05, 3.63) is 34.2 Å². The first-order valence-corrected chi connectivity index (χ1v) is 7.97. The lowest BCUT2D eigenvalue weighted by Gasteiger charge is -2.15. The summed E-state index contributed by atoms with van der Waals surface area (Å²) in [6, 6.07) is 8.56. The van der Waals surface area contributed by atoms with Gasteiger partial charge in [-0.05, 0) is 26.0 Å². The van der Waals surface area contributed by atoms with Crippen LogP contribution < -0.4 is 5.32 Å². The Morgan fingerprint density at radius 1 is 1.45 bits per heavy atom. The second-order valence-corrected chi connectivity index (χ2v) is 6.86. The summed E-state index contributed by atoms with van der Waals surface area (Å²) in [7, 11) is 1.95. The van der Waals surface area contributed by atoms with Crippen molar-refractivity contribution in [2.75, 3.05) is 13.6 Å². The molecule has 0 radical (unpaired) electrons. The molecule has 1 aliphatic rings. The van der Waals surface area contributed by atoms with E-state index in [0.717, 1.165) is 28.1 Å². The molecule has 0 aliphatic heterocycles. The van der Waals surface area contributed by atoms with E-state index in [1.165, 1.54) is 4.70 Å². The molecule has 2 aromatic rings. The topological polar surface area (TPSA) is 32.3 Å². The van der Waals surface area contributed by atoms with Crippen LogP contribution in [-0.4, -0.2) is 30.4 Å². The zero-order valence-electron chi connectivity index (χ0n) is 11.4. The van der Waals surface area contributed by atoms with E-state index >= 15 is 0 Å². The summed E-state index contributed by atoms with van der Waals surface area (Å²) in [5, 5.41) is 4.92. The highest BCUT2D eigenvalue weighted by Crippen LogP contribution is 2.35. The molecule has 3 rings (SSSR count). The summed E-state index contributed by atoms with van der Waals surface area (Å²) >= 11 is 8.12. The molecule has 1 fully saturated rings. The number of nitrogens with one attached hydrogen (secondary N) is 1. The Labute approximate surface area is 127 Å². The van der Waals surface area contributed by atoms with Crippen LogP contribution in [0.25, 0.3) is 10.1 Å². The van der Waals surface area contributed by atoms with Gasteiger partial charge in [-0.2, -0.15) is 0 Å². The summed E-state index contributed by atoms with van der Waals surface area (Å²) in [6.07, 6.45) is 2.25. The van der Waals surface area contributed by atoms with E-state index < -0.39 is 0 Å². The molecule has 1 heterocycles. The first-order chi connectivity index (χ1) is 9.63. The number of rotatable bonds is 5. The fourth-order valence-corrected chi connectivity index (χ4v) is 3.79. The van der Waals surface area contributed by atoms with E-state index in [1.807, 2.05) is 30.1 Å². The van der Waals surface area contributed by atoms with Crippen molar-refractivity contribution in [2.24, 2.45) is 0 Å². The van der Waals surface area contributed by atoms with Crippen LogP contribution in [0.1, 0.15) is 17.7 Å². The van der Waals surface area contributed by atoms with Gasteiger partial charge in [0, 0.05) is 27.5 Å². The van der Waals surface area contributed by atoms with E-state index in [1.54, 1.807) is 11.3 Å². The highest BCUT2D eigenvalue weighted by atomic mass is 35.5. The normalized spacial score (nSPS) is 14.9. The molecule has 0 saturated heterocycles. The number of fused-ring (bicyclic) bond motifs is 1. The molecule has 0 unspecified atom stereocenters. The molecule has 0 atom stereocenters. The minimum Gasteiger partial charge on any atom is -0.352 e. The Kier molecular flexibility index (Phi) is 3.96. The van der Waals surface area contributed by atoms with Gasteiger partial charge in [-0.15, -0.1) is 11.3 Å². The number of nitrogens with zero attached hydrogens (tertiary/aromatic N) is 1. The number of hydrogen-bond acceptors (Lipinski definition) is 3. The molecule has 1 saturated carbocycles. The third-order valence-corrected chi connectivity index (χ3v) is 5.07. The van der Waals surface area contributed by atoms with Crippen LogP contribution in [0.2, 0.25) is 5.02 Å². The zero-order chi connectivity index (χ0) is 14.1. The summed E-state index contributed by atoms with van der Waals surface area (Å²) < 4.78 is 1.20. The predicted octanol–water partition coefficient (Wildman–Crippen LogP) is 3.27. The van der Waals surface area contributed by atoms with Crippen molar-refractivity contribution in [3.8, 4) is 0 Å². The van der Waals surface area contributed by atoms with Gasteiger partial charge in [0.25, 0.3) is 0 Å². The lowest BCUT2D eigenvalue weighted by atomic mass is 10.2.